The minimum atomic E-state index is -2.87. The number of rotatable bonds is 7. The summed E-state index contributed by atoms with van der Waals surface area (Å²) >= 11 is 0. The van der Waals surface area contributed by atoms with Crippen molar-refractivity contribution < 1.29 is 18.3 Å². The number of halogens is 2. The Morgan fingerprint density at radius 3 is 2.85 bits per heavy atom. The standard InChI is InChI=1S/C19H28F2N4O2/c1-14-6-5-11-25(13-14)17(26)9-10-23-19(22-2)24-12-15-7-3-4-8-16(15)27-18(20)21/h3-4,7-8,14,18H,5-6,9-13H2,1-2H3,(H2,22,23,24). The summed E-state index contributed by atoms with van der Waals surface area (Å²) in [6.07, 6.45) is 2.62. The molecular weight excluding hydrogens is 354 g/mol. The fraction of sp³-hybridized carbons (Fsp3) is 0.579. The van der Waals surface area contributed by atoms with Crippen LogP contribution in [0.25, 0.3) is 0 Å². The van der Waals surface area contributed by atoms with Crippen molar-refractivity contribution in [2.75, 3.05) is 26.7 Å². The van der Waals surface area contributed by atoms with E-state index >= 15 is 0 Å². The Morgan fingerprint density at radius 2 is 2.15 bits per heavy atom. The Balaban J connectivity index is 1.77. The van der Waals surface area contributed by atoms with E-state index in [4.69, 9.17) is 0 Å². The van der Waals surface area contributed by atoms with E-state index in [-0.39, 0.29) is 18.2 Å². The molecule has 8 heteroatoms. The Hall–Kier alpha value is -2.38. The number of aliphatic imine (C=N–C) groups is 1. The summed E-state index contributed by atoms with van der Waals surface area (Å²) < 4.78 is 29.5. The molecule has 1 aromatic rings. The van der Waals surface area contributed by atoms with Crippen LogP contribution in [0.4, 0.5) is 8.78 Å². The van der Waals surface area contributed by atoms with Crippen LogP contribution in [0.3, 0.4) is 0 Å². The summed E-state index contributed by atoms with van der Waals surface area (Å²) in [6.45, 7) is 1.69. The molecule has 0 bridgehead atoms. The summed E-state index contributed by atoms with van der Waals surface area (Å²) in [7, 11) is 1.62. The summed E-state index contributed by atoms with van der Waals surface area (Å²) in [4.78, 5) is 18.3. The Morgan fingerprint density at radius 1 is 1.37 bits per heavy atom. The van der Waals surface area contributed by atoms with Crippen LogP contribution in [0.2, 0.25) is 0 Å². The zero-order valence-corrected chi connectivity index (χ0v) is 15.9. The maximum absolute atomic E-state index is 12.5. The average molecular weight is 382 g/mol. The maximum atomic E-state index is 12.5. The lowest BCUT2D eigenvalue weighted by Gasteiger charge is -2.31. The van der Waals surface area contributed by atoms with Crippen molar-refractivity contribution in [3.05, 3.63) is 29.8 Å². The van der Waals surface area contributed by atoms with Crippen LogP contribution in [0.1, 0.15) is 31.7 Å². The van der Waals surface area contributed by atoms with Gasteiger partial charge in [-0.05, 0) is 24.8 Å². The number of ether oxygens (including phenoxy) is 1. The number of amides is 1. The van der Waals surface area contributed by atoms with Gasteiger partial charge in [0.25, 0.3) is 0 Å². The number of guanidine groups is 1. The molecule has 1 fully saturated rings. The van der Waals surface area contributed by atoms with E-state index in [2.05, 4.69) is 27.3 Å². The molecule has 1 aliphatic rings. The van der Waals surface area contributed by atoms with E-state index in [1.807, 2.05) is 4.90 Å². The normalized spacial score (nSPS) is 17.7. The topological polar surface area (TPSA) is 66.0 Å². The fourth-order valence-corrected chi connectivity index (χ4v) is 3.12. The lowest BCUT2D eigenvalue weighted by atomic mass is 10.00. The number of hydrogen-bond acceptors (Lipinski definition) is 3. The van der Waals surface area contributed by atoms with Crippen molar-refractivity contribution in [1.82, 2.24) is 15.5 Å². The van der Waals surface area contributed by atoms with E-state index < -0.39 is 6.61 Å². The lowest BCUT2D eigenvalue weighted by Crippen LogP contribution is -2.42. The van der Waals surface area contributed by atoms with Gasteiger partial charge < -0.3 is 20.3 Å². The van der Waals surface area contributed by atoms with E-state index in [0.717, 1.165) is 19.5 Å². The van der Waals surface area contributed by atoms with E-state index in [9.17, 15) is 13.6 Å². The second-order valence-electron chi connectivity index (χ2n) is 6.68. The third-order valence-corrected chi connectivity index (χ3v) is 4.50. The molecule has 2 N–H and O–H groups in total. The summed E-state index contributed by atoms with van der Waals surface area (Å²) in [6, 6.07) is 6.60. The molecule has 0 saturated carbocycles. The first-order chi connectivity index (χ1) is 13.0. The van der Waals surface area contributed by atoms with E-state index in [1.165, 1.54) is 12.5 Å². The number of carbonyl (C=O) groups excluding carboxylic acids is 1. The van der Waals surface area contributed by atoms with E-state index in [0.29, 0.717) is 30.4 Å². The number of para-hydroxylation sites is 1. The highest BCUT2D eigenvalue weighted by Gasteiger charge is 2.20. The molecule has 27 heavy (non-hydrogen) atoms. The highest BCUT2D eigenvalue weighted by molar-refractivity contribution is 5.81. The zero-order valence-electron chi connectivity index (χ0n) is 15.9. The van der Waals surface area contributed by atoms with Crippen LogP contribution < -0.4 is 15.4 Å². The van der Waals surface area contributed by atoms with Crippen molar-refractivity contribution in [2.45, 2.75) is 39.3 Å². The van der Waals surface area contributed by atoms with Gasteiger partial charge in [-0.25, -0.2) is 0 Å². The Bertz CT molecular complexity index is 640. The first-order valence-electron chi connectivity index (χ1n) is 9.24. The molecule has 1 amide bonds. The molecule has 1 aliphatic heterocycles. The van der Waals surface area contributed by atoms with Gasteiger partial charge in [-0.1, -0.05) is 25.1 Å². The number of benzene rings is 1. The molecule has 1 aromatic carbocycles. The molecule has 0 aliphatic carbocycles. The van der Waals surface area contributed by atoms with E-state index in [1.54, 1.807) is 25.2 Å². The van der Waals surface area contributed by atoms with Crippen LogP contribution in [-0.4, -0.2) is 50.1 Å². The molecular formula is C19H28F2N4O2. The maximum Gasteiger partial charge on any atom is 0.387 e. The molecule has 0 aromatic heterocycles. The van der Waals surface area contributed by atoms with Gasteiger partial charge in [0, 0.05) is 45.2 Å². The highest BCUT2D eigenvalue weighted by Crippen LogP contribution is 2.20. The second kappa shape index (κ2) is 10.7. The Kier molecular flexibility index (Phi) is 8.29. The first kappa shape index (κ1) is 20.9. The molecule has 6 nitrogen and oxygen atoms in total. The van der Waals surface area contributed by atoms with Gasteiger partial charge in [-0.2, -0.15) is 8.78 Å². The SMILES string of the molecule is CN=C(NCCC(=O)N1CCCC(C)C1)NCc1ccccc1OC(F)F. The van der Waals surface area contributed by atoms with Crippen LogP contribution in [0, 0.1) is 5.92 Å². The van der Waals surface area contributed by atoms with Gasteiger partial charge in [0.05, 0.1) is 0 Å². The van der Waals surface area contributed by atoms with Crippen molar-refractivity contribution in [3.63, 3.8) is 0 Å². The summed E-state index contributed by atoms with van der Waals surface area (Å²) in [5.41, 5.74) is 0.596. The molecule has 1 saturated heterocycles. The predicted octanol–water partition coefficient (Wildman–Crippen LogP) is 2.60. The first-order valence-corrected chi connectivity index (χ1v) is 9.24. The largest absolute Gasteiger partial charge is 0.434 e. The summed E-state index contributed by atoms with van der Waals surface area (Å²) in [5, 5.41) is 6.13. The van der Waals surface area contributed by atoms with Gasteiger partial charge in [0.2, 0.25) is 5.91 Å². The number of piperidine rings is 1. The third kappa shape index (κ3) is 7.03. The monoisotopic (exact) mass is 382 g/mol. The number of alkyl halides is 2. The quantitative estimate of drug-likeness (QED) is 0.562. The van der Waals surface area contributed by atoms with Crippen molar-refractivity contribution >= 4 is 11.9 Å². The number of nitrogens with zero attached hydrogens (tertiary/aromatic N) is 2. The van der Waals surface area contributed by atoms with Crippen molar-refractivity contribution in [3.8, 4) is 5.75 Å². The predicted molar refractivity (Wildman–Crippen MR) is 101 cm³/mol. The molecule has 150 valence electrons. The van der Waals surface area contributed by atoms with Gasteiger partial charge in [-0.15, -0.1) is 0 Å². The van der Waals surface area contributed by atoms with Crippen molar-refractivity contribution in [2.24, 2.45) is 10.9 Å². The van der Waals surface area contributed by atoms with Crippen LogP contribution in [0.15, 0.2) is 29.3 Å². The smallest absolute Gasteiger partial charge is 0.387 e. The zero-order chi connectivity index (χ0) is 19.6. The molecule has 1 heterocycles. The number of likely N-dealkylation sites (tertiary alicyclic amines) is 1. The molecule has 0 spiro atoms. The van der Waals surface area contributed by atoms with Crippen LogP contribution >= 0.6 is 0 Å². The highest BCUT2D eigenvalue weighted by atomic mass is 19.3. The third-order valence-electron chi connectivity index (χ3n) is 4.50. The Labute approximate surface area is 159 Å². The van der Waals surface area contributed by atoms with Gasteiger partial charge >= 0.3 is 6.61 Å². The molecule has 2 rings (SSSR count). The van der Waals surface area contributed by atoms with Gasteiger partial charge in [-0.3, -0.25) is 9.79 Å². The fourth-order valence-electron chi connectivity index (χ4n) is 3.12. The van der Waals surface area contributed by atoms with Crippen LogP contribution in [0.5, 0.6) is 5.75 Å². The minimum absolute atomic E-state index is 0.129. The van der Waals surface area contributed by atoms with Gasteiger partial charge in [0.15, 0.2) is 5.96 Å². The number of hydrogen-bond donors (Lipinski definition) is 2. The molecule has 1 atom stereocenters. The molecule has 1 unspecified atom stereocenters. The van der Waals surface area contributed by atoms with Gasteiger partial charge in [0.1, 0.15) is 5.75 Å². The lowest BCUT2D eigenvalue weighted by molar-refractivity contribution is -0.132. The second-order valence-corrected chi connectivity index (χ2v) is 6.68. The molecule has 0 radical (unpaired) electrons. The van der Waals surface area contributed by atoms with Crippen LogP contribution in [-0.2, 0) is 11.3 Å². The summed E-state index contributed by atoms with van der Waals surface area (Å²) in [5.74, 6) is 1.33. The van der Waals surface area contributed by atoms with Crippen molar-refractivity contribution in [1.29, 1.82) is 0 Å². The number of carbonyl (C=O) groups is 1. The number of nitrogens with one attached hydrogen (secondary N) is 2. The minimum Gasteiger partial charge on any atom is -0.434 e. The average Bonchev–Trinajstić information content (AvgIpc) is 2.65.